The number of para-hydroxylation sites is 1. The van der Waals surface area contributed by atoms with Crippen molar-refractivity contribution < 1.29 is 4.79 Å². The summed E-state index contributed by atoms with van der Waals surface area (Å²) in [4.78, 5) is 14.9. The largest absolute Gasteiger partial charge is 0.327 e. The third-order valence-electron chi connectivity index (χ3n) is 5.60. The Labute approximate surface area is 173 Å². The molecule has 0 aliphatic carbocycles. The van der Waals surface area contributed by atoms with E-state index in [0.717, 1.165) is 48.8 Å². The van der Waals surface area contributed by atoms with Gasteiger partial charge in [0.2, 0.25) is 5.91 Å². The molecule has 1 unspecified atom stereocenters. The van der Waals surface area contributed by atoms with Crippen molar-refractivity contribution in [3.05, 3.63) is 41.7 Å². The highest BCUT2D eigenvalue weighted by molar-refractivity contribution is 5.92. The van der Waals surface area contributed by atoms with Gasteiger partial charge in [-0.1, -0.05) is 32.0 Å². The molecule has 3 N–H and O–H groups in total. The van der Waals surface area contributed by atoms with Crippen LogP contribution in [0.15, 0.2) is 30.3 Å². The minimum atomic E-state index is 0. The number of nitrogens with two attached hydrogens (primary N) is 1. The zero-order valence-corrected chi connectivity index (χ0v) is 18.1. The Morgan fingerprint density at radius 1 is 1.29 bits per heavy atom. The third kappa shape index (κ3) is 4.93. The summed E-state index contributed by atoms with van der Waals surface area (Å²) in [6.07, 6.45) is 1.46. The second kappa shape index (κ2) is 9.07. The fraction of sp³-hybridized carbons (Fsp3) is 0.524. The zero-order valence-electron chi connectivity index (χ0n) is 17.2. The summed E-state index contributed by atoms with van der Waals surface area (Å²) < 4.78 is 1.87. The van der Waals surface area contributed by atoms with Gasteiger partial charge in [0.15, 0.2) is 0 Å². The molecule has 2 heterocycles. The summed E-state index contributed by atoms with van der Waals surface area (Å²) in [5.74, 6) is 0.0292. The Hall–Kier alpha value is -1.89. The van der Waals surface area contributed by atoms with Crippen LogP contribution in [0.3, 0.4) is 0 Å². The van der Waals surface area contributed by atoms with E-state index in [1.165, 1.54) is 0 Å². The fourth-order valence-corrected chi connectivity index (χ4v) is 3.78. The van der Waals surface area contributed by atoms with Gasteiger partial charge in [-0.25, -0.2) is 4.68 Å². The van der Waals surface area contributed by atoms with Crippen LogP contribution in [0, 0.1) is 19.3 Å². The SMILES string of the molecule is Cc1nn(-c2ccccc2)c(C)c1NC(=O)CCN1CCC(N)C(C)(C)C1.Cl. The zero-order chi connectivity index (χ0) is 19.6. The molecular formula is C21H32ClN5O. The lowest BCUT2D eigenvalue weighted by Gasteiger charge is -2.42. The molecule has 1 aromatic carbocycles. The number of carbonyl (C=O) groups is 1. The summed E-state index contributed by atoms with van der Waals surface area (Å²) >= 11 is 0. The number of aryl methyl sites for hydroxylation is 1. The van der Waals surface area contributed by atoms with Crippen LogP contribution in [0.1, 0.15) is 38.1 Å². The smallest absolute Gasteiger partial charge is 0.225 e. The standard InChI is InChI=1S/C21H31N5O.ClH/c1-15-20(16(2)26(24-15)17-8-6-5-7-9-17)23-19(27)11-13-25-12-10-18(22)21(3,4)14-25;/h5-9,18H,10-14,22H2,1-4H3,(H,23,27);1H. The summed E-state index contributed by atoms with van der Waals surface area (Å²) in [5, 5.41) is 7.65. The average Bonchev–Trinajstić information content (AvgIpc) is 2.91. The Morgan fingerprint density at radius 3 is 2.61 bits per heavy atom. The number of hydrogen-bond acceptors (Lipinski definition) is 4. The molecule has 7 heteroatoms. The highest BCUT2D eigenvalue weighted by Gasteiger charge is 2.33. The first-order valence-electron chi connectivity index (χ1n) is 9.67. The number of halogens is 1. The number of amides is 1. The van der Waals surface area contributed by atoms with Gasteiger partial charge in [0.25, 0.3) is 0 Å². The molecule has 1 fully saturated rings. The van der Waals surface area contributed by atoms with E-state index in [9.17, 15) is 4.79 Å². The van der Waals surface area contributed by atoms with Gasteiger partial charge in [-0.2, -0.15) is 5.10 Å². The highest BCUT2D eigenvalue weighted by atomic mass is 35.5. The van der Waals surface area contributed by atoms with Crippen LogP contribution in [0.5, 0.6) is 0 Å². The number of anilines is 1. The van der Waals surface area contributed by atoms with Crippen LogP contribution >= 0.6 is 12.4 Å². The lowest BCUT2D eigenvalue weighted by molar-refractivity contribution is -0.116. The van der Waals surface area contributed by atoms with E-state index in [1.807, 2.05) is 48.9 Å². The second-order valence-electron chi connectivity index (χ2n) is 8.25. The number of hydrogen-bond donors (Lipinski definition) is 2. The summed E-state index contributed by atoms with van der Waals surface area (Å²) in [6, 6.07) is 10.2. The number of piperidine rings is 1. The first-order chi connectivity index (χ1) is 12.8. The van der Waals surface area contributed by atoms with E-state index < -0.39 is 0 Å². The molecule has 1 amide bonds. The first-order valence-corrected chi connectivity index (χ1v) is 9.67. The second-order valence-corrected chi connectivity index (χ2v) is 8.25. The van der Waals surface area contributed by atoms with E-state index >= 15 is 0 Å². The summed E-state index contributed by atoms with van der Waals surface area (Å²) in [6.45, 7) is 11.0. The number of carbonyl (C=O) groups excluding carboxylic acids is 1. The van der Waals surface area contributed by atoms with Crippen LogP contribution in [0.25, 0.3) is 5.69 Å². The molecule has 154 valence electrons. The Morgan fingerprint density at radius 2 is 1.96 bits per heavy atom. The Balaban J connectivity index is 0.00000280. The molecule has 2 aromatic rings. The predicted molar refractivity (Wildman–Crippen MR) is 116 cm³/mol. The van der Waals surface area contributed by atoms with Crippen LogP contribution < -0.4 is 11.1 Å². The van der Waals surface area contributed by atoms with Crippen molar-refractivity contribution in [2.45, 2.75) is 46.6 Å². The molecule has 0 bridgehead atoms. The van der Waals surface area contributed by atoms with Crippen molar-refractivity contribution in [3.63, 3.8) is 0 Å². The van der Waals surface area contributed by atoms with Gasteiger partial charge < -0.3 is 16.0 Å². The monoisotopic (exact) mass is 405 g/mol. The van der Waals surface area contributed by atoms with Crippen LogP contribution in [-0.2, 0) is 4.79 Å². The van der Waals surface area contributed by atoms with Crippen molar-refractivity contribution in [1.29, 1.82) is 0 Å². The summed E-state index contributed by atoms with van der Waals surface area (Å²) in [7, 11) is 0. The number of likely N-dealkylation sites (tertiary alicyclic amines) is 1. The van der Waals surface area contributed by atoms with Gasteiger partial charge >= 0.3 is 0 Å². The van der Waals surface area contributed by atoms with Crippen LogP contribution in [0.4, 0.5) is 5.69 Å². The number of rotatable bonds is 5. The van der Waals surface area contributed by atoms with E-state index in [1.54, 1.807) is 0 Å². The van der Waals surface area contributed by atoms with Gasteiger partial charge in [0.05, 0.1) is 22.8 Å². The Bertz CT molecular complexity index is 803. The molecule has 1 aliphatic heterocycles. The minimum absolute atomic E-state index is 0. The normalized spacial score (nSPS) is 19.1. The topological polar surface area (TPSA) is 76.2 Å². The molecule has 1 saturated heterocycles. The average molecular weight is 406 g/mol. The maximum Gasteiger partial charge on any atom is 0.225 e. The van der Waals surface area contributed by atoms with Gasteiger partial charge in [0.1, 0.15) is 0 Å². The Kier molecular flexibility index (Phi) is 7.26. The van der Waals surface area contributed by atoms with Crippen molar-refractivity contribution in [1.82, 2.24) is 14.7 Å². The van der Waals surface area contributed by atoms with E-state index in [0.29, 0.717) is 6.42 Å². The lowest BCUT2D eigenvalue weighted by atomic mass is 9.80. The summed E-state index contributed by atoms with van der Waals surface area (Å²) in [5.41, 5.74) is 9.87. The molecule has 0 radical (unpaired) electrons. The maximum absolute atomic E-state index is 12.5. The van der Waals surface area contributed by atoms with Crippen molar-refractivity contribution in [2.75, 3.05) is 25.0 Å². The first kappa shape index (κ1) is 22.4. The van der Waals surface area contributed by atoms with Crippen LogP contribution in [0.2, 0.25) is 0 Å². The van der Waals surface area contributed by atoms with Crippen LogP contribution in [-0.4, -0.2) is 46.3 Å². The number of benzene rings is 1. The highest BCUT2D eigenvalue weighted by Crippen LogP contribution is 2.28. The van der Waals surface area contributed by atoms with Crippen molar-refractivity contribution in [2.24, 2.45) is 11.1 Å². The van der Waals surface area contributed by atoms with Crippen molar-refractivity contribution >= 4 is 24.0 Å². The lowest BCUT2D eigenvalue weighted by Crippen LogP contribution is -2.52. The predicted octanol–water partition coefficient (Wildman–Crippen LogP) is 3.30. The minimum Gasteiger partial charge on any atom is -0.327 e. The van der Waals surface area contributed by atoms with E-state index in [2.05, 4.69) is 29.2 Å². The van der Waals surface area contributed by atoms with E-state index in [4.69, 9.17) is 5.73 Å². The molecule has 0 saturated carbocycles. The molecule has 6 nitrogen and oxygen atoms in total. The van der Waals surface area contributed by atoms with E-state index in [-0.39, 0.29) is 29.8 Å². The molecule has 3 rings (SSSR count). The van der Waals surface area contributed by atoms with Gasteiger partial charge in [-0.05, 0) is 44.4 Å². The molecule has 1 aromatic heterocycles. The maximum atomic E-state index is 12.5. The van der Waals surface area contributed by atoms with Gasteiger partial charge in [-0.3, -0.25) is 4.79 Å². The fourth-order valence-electron chi connectivity index (χ4n) is 3.78. The number of aromatic nitrogens is 2. The molecular weight excluding hydrogens is 374 g/mol. The number of nitrogens with one attached hydrogen (secondary N) is 1. The molecule has 1 aliphatic rings. The number of nitrogens with zero attached hydrogens (tertiary/aromatic N) is 3. The molecule has 0 spiro atoms. The molecule has 1 atom stereocenters. The van der Waals surface area contributed by atoms with Gasteiger partial charge in [-0.15, -0.1) is 12.4 Å². The third-order valence-corrected chi connectivity index (χ3v) is 5.60. The van der Waals surface area contributed by atoms with Gasteiger partial charge in [0, 0.05) is 25.6 Å². The van der Waals surface area contributed by atoms with Crippen molar-refractivity contribution in [3.8, 4) is 5.69 Å². The molecule has 28 heavy (non-hydrogen) atoms. The quantitative estimate of drug-likeness (QED) is 0.800.